The molecule has 1 rings (SSSR count). The van der Waals surface area contributed by atoms with E-state index < -0.39 is 0 Å². The van der Waals surface area contributed by atoms with E-state index >= 15 is 0 Å². The highest BCUT2D eigenvalue weighted by atomic mass is 32.1. The zero-order valence-corrected chi connectivity index (χ0v) is 10.8. The van der Waals surface area contributed by atoms with E-state index in [-0.39, 0.29) is 0 Å². The molecule has 1 N–H and O–H groups in total. The van der Waals surface area contributed by atoms with Crippen LogP contribution in [0.2, 0.25) is 0 Å². The third kappa shape index (κ3) is 3.55. The van der Waals surface area contributed by atoms with Gasteiger partial charge in [0.25, 0.3) is 0 Å². The molecule has 0 aliphatic rings. The molecule has 0 amide bonds. The number of thiazole rings is 1. The smallest absolute Gasteiger partial charge is 0.0928 e. The Bertz CT molecular complexity index is 299. The fourth-order valence-electron chi connectivity index (χ4n) is 1.49. The summed E-state index contributed by atoms with van der Waals surface area (Å²) in [7, 11) is 1.72. The highest BCUT2D eigenvalue weighted by Gasteiger charge is 2.12. The van der Waals surface area contributed by atoms with Gasteiger partial charge in [0.15, 0.2) is 0 Å². The Morgan fingerprint density at radius 1 is 1.53 bits per heavy atom. The number of hydrogen-bond acceptors (Lipinski definition) is 4. The van der Waals surface area contributed by atoms with Gasteiger partial charge in [-0.2, -0.15) is 0 Å². The van der Waals surface area contributed by atoms with E-state index in [1.807, 2.05) is 11.3 Å². The number of methoxy groups -OCH3 is 1. The van der Waals surface area contributed by atoms with Gasteiger partial charge in [0.05, 0.1) is 17.3 Å². The van der Waals surface area contributed by atoms with Crippen molar-refractivity contribution >= 4 is 11.3 Å². The summed E-state index contributed by atoms with van der Waals surface area (Å²) in [6.07, 6.45) is 1.02. The normalized spacial score (nSPS) is 13.1. The first kappa shape index (κ1) is 12.6. The van der Waals surface area contributed by atoms with Gasteiger partial charge in [-0.3, -0.25) is 0 Å². The van der Waals surface area contributed by atoms with Crippen LogP contribution in [0.1, 0.15) is 35.5 Å². The standard InChI is InChI=1S/C11H20N2OS/c1-5-10-13-9(3)11(15-10)8(2)12-6-7-14-4/h8,12H,5-7H2,1-4H3. The van der Waals surface area contributed by atoms with E-state index in [2.05, 4.69) is 31.1 Å². The number of ether oxygens (including phenoxy) is 1. The predicted octanol–water partition coefficient (Wildman–Crippen LogP) is 2.31. The van der Waals surface area contributed by atoms with E-state index in [9.17, 15) is 0 Å². The highest BCUT2D eigenvalue weighted by Crippen LogP contribution is 2.24. The van der Waals surface area contributed by atoms with Crippen LogP contribution in [0.3, 0.4) is 0 Å². The average molecular weight is 228 g/mol. The van der Waals surface area contributed by atoms with E-state index in [1.54, 1.807) is 7.11 Å². The number of aryl methyl sites for hydroxylation is 2. The van der Waals surface area contributed by atoms with E-state index in [4.69, 9.17) is 4.74 Å². The first-order valence-electron chi connectivity index (χ1n) is 5.37. The molecule has 0 aliphatic carbocycles. The zero-order chi connectivity index (χ0) is 11.3. The van der Waals surface area contributed by atoms with Gasteiger partial charge in [-0.1, -0.05) is 6.92 Å². The van der Waals surface area contributed by atoms with Crippen molar-refractivity contribution in [2.45, 2.75) is 33.2 Å². The lowest BCUT2D eigenvalue weighted by Crippen LogP contribution is -2.22. The maximum Gasteiger partial charge on any atom is 0.0928 e. The third-order valence-electron chi connectivity index (χ3n) is 2.33. The first-order valence-corrected chi connectivity index (χ1v) is 6.19. The zero-order valence-electron chi connectivity index (χ0n) is 9.96. The van der Waals surface area contributed by atoms with Crippen molar-refractivity contribution < 1.29 is 4.74 Å². The second-order valence-electron chi connectivity index (χ2n) is 3.58. The molecule has 1 unspecified atom stereocenters. The third-order valence-corrected chi connectivity index (χ3v) is 3.81. The first-order chi connectivity index (χ1) is 7.19. The van der Waals surface area contributed by atoms with Crippen LogP contribution in [0.15, 0.2) is 0 Å². The number of nitrogens with zero attached hydrogens (tertiary/aromatic N) is 1. The van der Waals surface area contributed by atoms with E-state index in [1.165, 1.54) is 9.88 Å². The lowest BCUT2D eigenvalue weighted by molar-refractivity contribution is 0.196. The van der Waals surface area contributed by atoms with Gasteiger partial charge >= 0.3 is 0 Å². The van der Waals surface area contributed by atoms with Crippen LogP contribution < -0.4 is 5.32 Å². The van der Waals surface area contributed by atoms with Gasteiger partial charge in [-0.15, -0.1) is 11.3 Å². The summed E-state index contributed by atoms with van der Waals surface area (Å²) in [5, 5.41) is 4.65. The molecule has 0 saturated carbocycles. The van der Waals surface area contributed by atoms with Crippen molar-refractivity contribution in [1.29, 1.82) is 0 Å². The second-order valence-corrected chi connectivity index (χ2v) is 4.69. The van der Waals surface area contributed by atoms with Gasteiger partial charge < -0.3 is 10.1 Å². The summed E-state index contributed by atoms with van der Waals surface area (Å²) in [5.74, 6) is 0. The fraction of sp³-hybridized carbons (Fsp3) is 0.727. The molecular formula is C11H20N2OS. The quantitative estimate of drug-likeness (QED) is 0.759. The Balaban J connectivity index is 2.56. The molecule has 0 saturated heterocycles. The molecule has 4 heteroatoms. The molecule has 1 atom stereocenters. The Kier molecular flexibility index (Phi) is 5.22. The molecule has 0 spiro atoms. The molecule has 3 nitrogen and oxygen atoms in total. The summed E-state index contributed by atoms with van der Waals surface area (Å²) in [5.41, 5.74) is 1.16. The molecule has 86 valence electrons. The van der Waals surface area contributed by atoms with E-state index in [0.29, 0.717) is 6.04 Å². The monoisotopic (exact) mass is 228 g/mol. The number of rotatable bonds is 6. The number of aromatic nitrogens is 1. The molecule has 1 aromatic rings. The molecule has 0 bridgehead atoms. The largest absolute Gasteiger partial charge is 0.383 e. The van der Waals surface area contributed by atoms with Gasteiger partial charge in [-0.25, -0.2) is 4.98 Å². The van der Waals surface area contributed by atoms with Crippen molar-refractivity contribution in [1.82, 2.24) is 10.3 Å². The van der Waals surface area contributed by atoms with Gasteiger partial charge in [-0.05, 0) is 20.3 Å². The van der Waals surface area contributed by atoms with Crippen molar-refractivity contribution in [3.8, 4) is 0 Å². The van der Waals surface area contributed by atoms with Crippen LogP contribution in [-0.2, 0) is 11.2 Å². The molecule has 0 aromatic carbocycles. The minimum atomic E-state index is 0.373. The fourth-order valence-corrected chi connectivity index (χ4v) is 2.52. The van der Waals surface area contributed by atoms with E-state index in [0.717, 1.165) is 25.3 Å². The molecule has 0 radical (unpaired) electrons. The van der Waals surface area contributed by atoms with Crippen molar-refractivity contribution in [2.75, 3.05) is 20.3 Å². The van der Waals surface area contributed by atoms with Crippen LogP contribution in [0, 0.1) is 6.92 Å². The van der Waals surface area contributed by atoms with Crippen LogP contribution >= 0.6 is 11.3 Å². The van der Waals surface area contributed by atoms with Crippen LogP contribution in [0.5, 0.6) is 0 Å². The SMILES string of the molecule is CCc1nc(C)c(C(C)NCCOC)s1. The maximum absolute atomic E-state index is 5.01. The Labute approximate surface area is 95.9 Å². The van der Waals surface area contributed by atoms with Crippen LogP contribution in [-0.4, -0.2) is 25.2 Å². The molecule has 0 aliphatic heterocycles. The molecule has 15 heavy (non-hydrogen) atoms. The van der Waals surface area contributed by atoms with Crippen molar-refractivity contribution in [3.05, 3.63) is 15.6 Å². The highest BCUT2D eigenvalue weighted by molar-refractivity contribution is 7.11. The second kappa shape index (κ2) is 6.20. The summed E-state index contributed by atoms with van der Waals surface area (Å²) in [4.78, 5) is 5.88. The average Bonchev–Trinajstić information content (AvgIpc) is 2.60. The lowest BCUT2D eigenvalue weighted by atomic mass is 10.2. The minimum absolute atomic E-state index is 0.373. The van der Waals surface area contributed by atoms with Gasteiger partial charge in [0, 0.05) is 24.6 Å². The Morgan fingerprint density at radius 2 is 2.27 bits per heavy atom. The lowest BCUT2D eigenvalue weighted by Gasteiger charge is -2.11. The Hall–Kier alpha value is -0.450. The molecule has 1 aromatic heterocycles. The summed E-state index contributed by atoms with van der Waals surface area (Å²) >= 11 is 1.81. The summed E-state index contributed by atoms with van der Waals surface area (Å²) in [6.45, 7) is 8.04. The van der Waals surface area contributed by atoms with Gasteiger partial charge in [0.1, 0.15) is 0 Å². The molecular weight excluding hydrogens is 208 g/mol. The number of hydrogen-bond donors (Lipinski definition) is 1. The summed E-state index contributed by atoms with van der Waals surface area (Å²) < 4.78 is 5.01. The van der Waals surface area contributed by atoms with Crippen molar-refractivity contribution in [3.63, 3.8) is 0 Å². The van der Waals surface area contributed by atoms with Gasteiger partial charge in [0.2, 0.25) is 0 Å². The molecule has 1 heterocycles. The predicted molar refractivity (Wildman–Crippen MR) is 64.5 cm³/mol. The summed E-state index contributed by atoms with van der Waals surface area (Å²) in [6, 6.07) is 0.373. The minimum Gasteiger partial charge on any atom is -0.383 e. The van der Waals surface area contributed by atoms with Crippen LogP contribution in [0.4, 0.5) is 0 Å². The van der Waals surface area contributed by atoms with Crippen LogP contribution in [0.25, 0.3) is 0 Å². The van der Waals surface area contributed by atoms with Crippen molar-refractivity contribution in [2.24, 2.45) is 0 Å². The Morgan fingerprint density at radius 3 is 2.80 bits per heavy atom. The molecule has 0 fully saturated rings. The number of nitrogens with one attached hydrogen (secondary N) is 1. The maximum atomic E-state index is 5.01. The topological polar surface area (TPSA) is 34.2 Å².